The number of fused-ring (bicyclic) bond motifs is 1. The first kappa shape index (κ1) is 28.5. The smallest absolute Gasteiger partial charge is 0.204 e. The number of nitrogens with one attached hydrogen (secondary N) is 1. The number of hydrogen-bond donors (Lipinski definition) is 1. The predicted octanol–water partition coefficient (Wildman–Crippen LogP) is 6.86. The van der Waals surface area contributed by atoms with Crippen molar-refractivity contribution in [3.8, 4) is 17.1 Å². The second-order valence-electron chi connectivity index (χ2n) is 10.1. The molecule has 0 saturated heterocycles. The molecule has 0 bridgehead atoms. The topological polar surface area (TPSA) is 97.1 Å². The molecule has 0 amide bonds. The average molecular weight is 532 g/mol. The number of hydrogen-bond acceptors (Lipinski definition) is 7. The maximum Gasteiger partial charge on any atom is 0.204 e. The van der Waals surface area contributed by atoms with Crippen LogP contribution >= 0.6 is 0 Å². The van der Waals surface area contributed by atoms with E-state index in [-0.39, 0.29) is 5.78 Å². The Labute approximate surface area is 231 Å². The van der Waals surface area contributed by atoms with E-state index >= 15 is 0 Å². The maximum absolute atomic E-state index is 13.8. The van der Waals surface area contributed by atoms with Crippen LogP contribution in [0.1, 0.15) is 87.4 Å². The number of ketones is 1. The quantitative estimate of drug-likeness (QED) is 0.117. The zero-order chi connectivity index (χ0) is 27.5. The Hall–Kier alpha value is -3.52. The third-order valence-corrected chi connectivity index (χ3v) is 7.01. The summed E-state index contributed by atoms with van der Waals surface area (Å²) in [5.74, 6) is 1.92. The number of ether oxygens (including phenoxy) is 1. The summed E-state index contributed by atoms with van der Waals surface area (Å²) in [6.45, 7) is 10.6. The highest BCUT2D eigenvalue weighted by atomic mass is 16.5. The number of carbonyl (C=O) groups is 1. The zero-order valence-electron chi connectivity index (χ0n) is 23.5. The summed E-state index contributed by atoms with van der Waals surface area (Å²) in [6.07, 6.45) is 8.57. The van der Waals surface area contributed by atoms with Crippen molar-refractivity contribution in [3.63, 3.8) is 0 Å². The van der Waals surface area contributed by atoms with Crippen LogP contribution in [0, 0.1) is 0 Å². The van der Waals surface area contributed by atoms with Crippen molar-refractivity contribution in [1.29, 1.82) is 0 Å². The number of benzene rings is 2. The van der Waals surface area contributed by atoms with Crippen LogP contribution in [0.2, 0.25) is 0 Å². The highest BCUT2D eigenvalue weighted by Gasteiger charge is 2.23. The minimum atomic E-state index is -0.0563. The number of aryl methyl sites for hydroxylation is 1. The van der Waals surface area contributed by atoms with Gasteiger partial charge in [-0.1, -0.05) is 40.0 Å². The lowest BCUT2D eigenvalue weighted by atomic mass is 9.97. The molecular weight excluding hydrogens is 490 g/mol. The van der Waals surface area contributed by atoms with Gasteiger partial charge in [0.15, 0.2) is 5.78 Å². The molecule has 4 rings (SSSR count). The van der Waals surface area contributed by atoms with Crippen molar-refractivity contribution in [2.24, 2.45) is 0 Å². The first-order valence-electron chi connectivity index (χ1n) is 14.4. The Bertz CT molecular complexity index is 1290. The third-order valence-electron chi connectivity index (χ3n) is 7.01. The van der Waals surface area contributed by atoms with E-state index in [0.29, 0.717) is 35.6 Å². The number of rotatable bonds is 17. The Morgan fingerprint density at radius 2 is 1.64 bits per heavy atom. The van der Waals surface area contributed by atoms with E-state index in [2.05, 4.69) is 46.3 Å². The minimum Gasteiger partial charge on any atom is -0.494 e. The third kappa shape index (κ3) is 7.53. The highest BCUT2D eigenvalue weighted by molar-refractivity contribution is 6.17. The van der Waals surface area contributed by atoms with Gasteiger partial charge in [-0.3, -0.25) is 4.79 Å². The van der Waals surface area contributed by atoms with Crippen molar-refractivity contribution >= 4 is 16.8 Å². The molecule has 0 aliphatic carbocycles. The Kier molecular flexibility index (Phi) is 10.7. The van der Waals surface area contributed by atoms with E-state index in [1.165, 1.54) is 25.7 Å². The van der Waals surface area contributed by atoms with Crippen molar-refractivity contribution < 1.29 is 13.9 Å². The van der Waals surface area contributed by atoms with Crippen LogP contribution in [0.5, 0.6) is 5.75 Å². The van der Waals surface area contributed by atoms with Crippen LogP contribution < -0.4 is 4.74 Å². The van der Waals surface area contributed by atoms with Gasteiger partial charge in [0.1, 0.15) is 17.1 Å². The zero-order valence-corrected chi connectivity index (χ0v) is 23.5. The van der Waals surface area contributed by atoms with Crippen molar-refractivity contribution in [3.05, 3.63) is 59.4 Å². The predicted molar refractivity (Wildman–Crippen MR) is 154 cm³/mol. The molecule has 0 spiro atoms. The SMILES string of the molecule is CCCCc1oc2ccc(-c3nn[nH]n3)cc2c1C(=O)c1ccc(OCCCN(CCCC)CCCC)cc1. The van der Waals surface area contributed by atoms with Gasteiger partial charge in [-0.05, 0) is 86.5 Å². The van der Waals surface area contributed by atoms with Gasteiger partial charge in [0.2, 0.25) is 5.82 Å². The molecule has 4 aromatic rings. The molecule has 0 atom stereocenters. The fourth-order valence-electron chi connectivity index (χ4n) is 4.76. The van der Waals surface area contributed by atoms with Gasteiger partial charge in [0.25, 0.3) is 0 Å². The van der Waals surface area contributed by atoms with Crippen LogP contribution in [0.15, 0.2) is 46.9 Å². The van der Waals surface area contributed by atoms with E-state index in [9.17, 15) is 4.79 Å². The summed E-state index contributed by atoms with van der Waals surface area (Å²) in [6, 6.07) is 13.1. The van der Waals surface area contributed by atoms with E-state index in [4.69, 9.17) is 9.15 Å². The Morgan fingerprint density at radius 1 is 0.923 bits per heavy atom. The summed E-state index contributed by atoms with van der Waals surface area (Å²) in [5, 5.41) is 15.1. The molecule has 8 heteroatoms. The summed E-state index contributed by atoms with van der Waals surface area (Å²) < 4.78 is 12.2. The number of unbranched alkanes of at least 4 members (excludes halogenated alkanes) is 3. The van der Waals surface area contributed by atoms with E-state index in [1.54, 1.807) is 0 Å². The maximum atomic E-state index is 13.8. The summed E-state index contributed by atoms with van der Waals surface area (Å²) in [5.41, 5.74) is 2.68. The number of H-pyrrole nitrogens is 1. The van der Waals surface area contributed by atoms with Gasteiger partial charge in [-0.25, -0.2) is 0 Å². The van der Waals surface area contributed by atoms with Crippen LogP contribution in [0.25, 0.3) is 22.4 Å². The number of carbonyl (C=O) groups excluding carboxylic acids is 1. The Balaban J connectivity index is 1.45. The summed E-state index contributed by atoms with van der Waals surface area (Å²) in [7, 11) is 0. The van der Waals surface area contributed by atoms with E-state index in [0.717, 1.165) is 61.4 Å². The average Bonchev–Trinajstić information content (AvgIpc) is 3.63. The summed E-state index contributed by atoms with van der Waals surface area (Å²) in [4.78, 5) is 16.3. The van der Waals surface area contributed by atoms with Crippen molar-refractivity contribution in [1.82, 2.24) is 25.5 Å². The number of nitrogens with zero attached hydrogens (tertiary/aromatic N) is 4. The monoisotopic (exact) mass is 531 g/mol. The van der Waals surface area contributed by atoms with Gasteiger partial charge in [-0.2, -0.15) is 5.21 Å². The number of aromatic amines is 1. The molecule has 0 fully saturated rings. The summed E-state index contributed by atoms with van der Waals surface area (Å²) >= 11 is 0. The molecule has 0 saturated carbocycles. The molecule has 2 aromatic carbocycles. The van der Waals surface area contributed by atoms with Gasteiger partial charge < -0.3 is 14.1 Å². The molecule has 0 aliphatic heterocycles. The van der Waals surface area contributed by atoms with Crippen LogP contribution in [0.4, 0.5) is 0 Å². The van der Waals surface area contributed by atoms with Crippen LogP contribution in [0.3, 0.4) is 0 Å². The van der Waals surface area contributed by atoms with E-state index in [1.807, 2.05) is 42.5 Å². The first-order chi connectivity index (χ1) is 19.1. The number of aromatic nitrogens is 4. The number of furan rings is 1. The van der Waals surface area contributed by atoms with Crippen LogP contribution in [-0.4, -0.2) is 57.5 Å². The second kappa shape index (κ2) is 14.6. The lowest BCUT2D eigenvalue weighted by molar-refractivity contribution is 0.103. The lowest BCUT2D eigenvalue weighted by Crippen LogP contribution is -2.28. The molecule has 208 valence electrons. The molecule has 2 heterocycles. The molecule has 1 N–H and O–H groups in total. The normalized spacial score (nSPS) is 11.5. The van der Waals surface area contributed by atoms with Crippen molar-refractivity contribution in [2.75, 3.05) is 26.2 Å². The van der Waals surface area contributed by atoms with Gasteiger partial charge in [0, 0.05) is 29.5 Å². The lowest BCUT2D eigenvalue weighted by Gasteiger charge is -2.21. The molecule has 0 radical (unpaired) electrons. The van der Waals surface area contributed by atoms with Crippen LogP contribution in [-0.2, 0) is 6.42 Å². The standard InChI is InChI=1S/C31H41N5O3/c1-4-7-11-28-29(26-22-24(14-17-27(26)39-28)31-32-34-35-33-31)30(37)23-12-15-25(16-13-23)38-21-10-20-36(18-8-5-2)19-9-6-3/h12-17,22H,4-11,18-21H2,1-3H3,(H,32,33,34,35). The minimum absolute atomic E-state index is 0.0563. The molecule has 0 aliphatic rings. The van der Waals surface area contributed by atoms with E-state index < -0.39 is 0 Å². The molecular formula is C31H41N5O3. The van der Waals surface area contributed by atoms with Gasteiger partial charge >= 0.3 is 0 Å². The molecule has 2 aromatic heterocycles. The molecule has 0 unspecified atom stereocenters. The first-order valence-corrected chi connectivity index (χ1v) is 14.4. The number of tetrazole rings is 1. The van der Waals surface area contributed by atoms with Gasteiger partial charge in [0.05, 0.1) is 12.2 Å². The molecule has 39 heavy (non-hydrogen) atoms. The molecule has 8 nitrogen and oxygen atoms in total. The Morgan fingerprint density at radius 3 is 2.31 bits per heavy atom. The largest absolute Gasteiger partial charge is 0.494 e. The fourth-order valence-corrected chi connectivity index (χ4v) is 4.76. The highest BCUT2D eigenvalue weighted by Crippen LogP contribution is 2.32. The van der Waals surface area contributed by atoms with Gasteiger partial charge in [-0.15, -0.1) is 10.2 Å². The fraction of sp³-hybridized carbons (Fsp3) is 0.484. The van der Waals surface area contributed by atoms with Crippen molar-refractivity contribution in [2.45, 2.75) is 72.1 Å². The second-order valence-corrected chi connectivity index (χ2v) is 10.1.